The Morgan fingerprint density at radius 2 is 1.96 bits per heavy atom. The molecule has 0 spiro atoms. The van der Waals surface area contributed by atoms with Crippen molar-refractivity contribution >= 4 is 28.8 Å². The summed E-state index contributed by atoms with van der Waals surface area (Å²) in [5, 5.41) is 14.3. The van der Waals surface area contributed by atoms with Gasteiger partial charge in [-0.15, -0.1) is 10.2 Å². The maximum Gasteiger partial charge on any atom is 0.286 e. The van der Waals surface area contributed by atoms with Crippen LogP contribution in [0.1, 0.15) is 37.9 Å². The van der Waals surface area contributed by atoms with Crippen molar-refractivity contribution < 1.29 is 18.7 Å². The second kappa shape index (κ2) is 9.25. The van der Waals surface area contributed by atoms with Gasteiger partial charge in [0, 0.05) is 30.8 Å². The first-order chi connectivity index (χ1) is 13.5. The molecule has 0 aliphatic carbocycles. The van der Waals surface area contributed by atoms with Gasteiger partial charge < -0.3 is 19.8 Å². The molecule has 1 aromatic carbocycles. The van der Waals surface area contributed by atoms with E-state index in [0.29, 0.717) is 29.3 Å². The lowest BCUT2D eigenvalue weighted by Crippen LogP contribution is -2.33. The first-order valence-electron chi connectivity index (χ1n) is 8.61. The molecule has 9 heteroatoms. The van der Waals surface area contributed by atoms with Crippen LogP contribution in [0.4, 0.5) is 5.69 Å². The molecule has 0 radical (unpaired) electrons. The summed E-state index contributed by atoms with van der Waals surface area (Å²) in [5.41, 5.74) is 1.07. The Bertz CT molecular complexity index is 922. The molecule has 1 atom stereocenters. The van der Waals surface area contributed by atoms with E-state index in [9.17, 15) is 9.59 Å². The zero-order chi connectivity index (χ0) is 19.9. The van der Waals surface area contributed by atoms with E-state index in [2.05, 4.69) is 20.8 Å². The standard InChI is InChI=1S/C19H20N4O4S/c1-12(10-15-4-3-9-27-15)20-17(24)13-5-7-14(8-6-13)21-18(25)19-23-22-16(28-19)11-26-2/h3-9,12H,10-11H2,1-2H3,(H,20,24)(H,21,25). The maximum absolute atomic E-state index is 12.3. The number of aromatic nitrogens is 2. The van der Waals surface area contributed by atoms with Gasteiger partial charge in [-0.05, 0) is 43.3 Å². The number of hydrogen-bond acceptors (Lipinski definition) is 7. The van der Waals surface area contributed by atoms with E-state index in [1.54, 1.807) is 37.6 Å². The lowest BCUT2D eigenvalue weighted by Gasteiger charge is -2.13. The minimum Gasteiger partial charge on any atom is -0.469 e. The van der Waals surface area contributed by atoms with Crippen LogP contribution in [0.5, 0.6) is 0 Å². The monoisotopic (exact) mass is 400 g/mol. The number of amides is 2. The Balaban J connectivity index is 1.54. The van der Waals surface area contributed by atoms with Gasteiger partial charge in [-0.2, -0.15) is 0 Å². The molecule has 0 aliphatic rings. The molecule has 2 N–H and O–H groups in total. The van der Waals surface area contributed by atoms with Crippen LogP contribution in [0.15, 0.2) is 47.1 Å². The Morgan fingerprint density at radius 1 is 1.18 bits per heavy atom. The van der Waals surface area contributed by atoms with Gasteiger partial charge in [0.1, 0.15) is 10.8 Å². The zero-order valence-electron chi connectivity index (χ0n) is 15.5. The van der Waals surface area contributed by atoms with Gasteiger partial charge >= 0.3 is 0 Å². The molecule has 2 amide bonds. The number of ether oxygens (including phenoxy) is 1. The van der Waals surface area contributed by atoms with Crippen LogP contribution in [0, 0.1) is 0 Å². The summed E-state index contributed by atoms with van der Waals surface area (Å²) >= 11 is 1.17. The number of rotatable bonds is 8. The van der Waals surface area contributed by atoms with Crippen LogP contribution in [0.2, 0.25) is 0 Å². The molecule has 2 aromatic heterocycles. The molecule has 3 aromatic rings. The van der Waals surface area contributed by atoms with E-state index in [4.69, 9.17) is 9.15 Å². The Hall–Kier alpha value is -3.04. The van der Waals surface area contributed by atoms with Crippen molar-refractivity contribution in [1.82, 2.24) is 15.5 Å². The Labute approximate surface area is 165 Å². The molecule has 0 aliphatic heterocycles. The van der Waals surface area contributed by atoms with E-state index < -0.39 is 0 Å². The Morgan fingerprint density at radius 3 is 2.64 bits per heavy atom. The largest absolute Gasteiger partial charge is 0.469 e. The fraction of sp³-hybridized carbons (Fsp3) is 0.263. The van der Waals surface area contributed by atoms with Gasteiger partial charge in [-0.3, -0.25) is 9.59 Å². The van der Waals surface area contributed by atoms with Crippen LogP contribution in [0.25, 0.3) is 0 Å². The van der Waals surface area contributed by atoms with Crippen molar-refractivity contribution in [3.8, 4) is 0 Å². The number of methoxy groups -OCH3 is 1. The lowest BCUT2D eigenvalue weighted by atomic mass is 10.1. The molecule has 3 rings (SSSR count). The number of benzene rings is 1. The smallest absolute Gasteiger partial charge is 0.286 e. The van der Waals surface area contributed by atoms with Gasteiger partial charge in [0.2, 0.25) is 5.01 Å². The van der Waals surface area contributed by atoms with Crippen molar-refractivity contribution in [2.75, 3.05) is 12.4 Å². The summed E-state index contributed by atoms with van der Waals surface area (Å²) < 4.78 is 10.3. The third-order valence-electron chi connectivity index (χ3n) is 3.80. The number of nitrogens with zero attached hydrogens (tertiary/aromatic N) is 2. The average molecular weight is 400 g/mol. The predicted molar refractivity (Wildman–Crippen MR) is 104 cm³/mol. The SMILES string of the molecule is COCc1nnc(C(=O)Nc2ccc(C(=O)NC(C)Cc3ccco3)cc2)s1. The molecular formula is C19H20N4O4S. The second-order valence-electron chi connectivity index (χ2n) is 6.12. The highest BCUT2D eigenvalue weighted by Gasteiger charge is 2.14. The topological polar surface area (TPSA) is 106 Å². The van der Waals surface area contributed by atoms with Crippen LogP contribution in [-0.4, -0.2) is 35.2 Å². The minimum atomic E-state index is -0.357. The molecule has 0 saturated heterocycles. The molecule has 0 bridgehead atoms. The normalized spacial score (nSPS) is 11.8. The average Bonchev–Trinajstić information content (AvgIpc) is 3.34. The number of furan rings is 1. The summed E-state index contributed by atoms with van der Waals surface area (Å²) in [6.45, 7) is 2.22. The van der Waals surface area contributed by atoms with Crippen LogP contribution >= 0.6 is 11.3 Å². The lowest BCUT2D eigenvalue weighted by molar-refractivity contribution is 0.0938. The number of hydrogen-bond donors (Lipinski definition) is 2. The van der Waals surface area contributed by atoms with Crippen LogP contribution < -0.4 is 10.6 Å². The second-order valence-corrected chi connectivity index (χ2v) is 7.19. The van der Waals surface area contributed by atoms with Crippen molar-refractivity contribution in [2.24, 2.45) is 0 Å². The molecule has 1 unspecified atom stereocenters. The number of anilines is 1. The molecule has 0 saturated carbocycles. The number of carbonyl (C=O) groups excluding carboxylic acids is 2. The molecule has 8 nitrogen and oxygen atoms in total. The highest BCUT2D eigenvalue weighted by atomic mass is 32.1. The molecule has 28 heavy (non-hydrogen) atoms. The van der Waals surface area contributed by atoms with Gasteiger partial charge in [0.15, 0.2) is 0 Å². The van der Waals surface area contributed by atoms with Crippen molar-refractivity contribution in [2.45, 2.75) is 26.0 Å². The summed E-state index contributed by atoms with van der Waals surface area (Å²) in [7, 11) is 1.55. The van der Waals surface area contributed by atoms with E-state index >= 15 is 0 Å². The summed E-state index contributed by atoms with van der Waals surface area (Å²) in [6.07, 6.45) is 2.22. The highest BCUT2D eigenvalue weighted by Crippen LogP contribution is 2.15. The predicted octanol–water partition coefficient (Wildman–Crippen LogP) is 2.89. The summed E-state index contributed by atoms with van der Waals surface area (Å²) in [4.78, 5) is 24.6. The zero-order valence-corrected chi connectivity index (χ0v) is 16.3. The van der Waals surface area contributed by atoms with E-state index in [1.165, 1.54) is 11.3 Å². The summed E-state index contributed by atoms with van der Waals surface area (Å²) in [6, 6.07) is 10.3. The highest BCUT2D eigenvalue weighted by molar-refractivity contribution is 7.13. The summed E-state index contributed by atoms with van der Waals surface area (Å²) in [5.74, 6) is 0.269. The minimum absolute atomic E-state index is 0.0725. The van der Waals surface area contributed by atoms with Crippen molar-refractivity contribution in [3.05, 3.63) is 64.0 Å². The first-order valence-corrected chi connectivity index (χ1v) is 9.43. The fourth-order valence-corrected chi connectivity index (χ4v) is 3.21. The third kappa shape index (κ3) is 5.24. The van der Waals surface area contributed by atoms with Gasteiger partial charge in [0.25, 0.3) is 11.8 Å². The van der Waals surface area contributed by atoms with Gasteiger partial charge in [-0.1, -0.05) is 11.3 Å². The van der Waals surface area contributed by atoms with Crippen LogP contribution in [0.3, 0.4) is 0 Å². The third-order valence-corrected chi connectivity index (χ3v) is 4.69. The van der Waals surface area contributed by atoms with E-state index in [1.807, 2.05) is 19.1 Å². The van der Waals surface area contributed by atoms with Crippen molar-refractivity contribution in [3.63, 3.8) is 0 Å². The van der Waals surface area contributed by atoms with E-state index in [0.717, 1.165) is 5.76 Å². The first kappa shape index (κ1) is 19.7. The fourth-order valence-electron chi connectivity index (χ4n) is 2.51. The molecular weight excluding hydrogens is 380 g/mol. The quantitative estimate of drug-likeness (QED) is 0.602. The number of nitrogens with one attached hydrogen (secondary N) is 2. The Kier molecular flexibility index (Phi) is 6.51. The van der Waals surface area contributed by atoms with Crippen molar-refractivity contribution in [1.29, 1.82) is 0 Å². The van der Waals surface area contributed by atoms with Gasteiger partial charge in [-0.25, -0.2) is 0 Å². The van der Waals surface area contributed by atoms with E-state index in [-0.39, 0.29) is 22.9 Å². The maximum atomic E-state index is 12.3. The number of carbonyl (C=O) groups is 2. The molecule has 146 valence electrons. The molecule has 0 fully saturated rings. The van der Waals surface area contributed by atoms with Crippen LogP contribution in [-0.2, 0) is 17.8 Å². The molecule has 2 heterocycles. The van der Waals surface area contributed by atoms with Gasteiger partial charge in [0.05, 0.1) is 12.9 Å².